The quantitative estimate of drug-likeness (QED) is 0.199. The van der Waals surface area contributed by atoms with Crippen molar-refractivity contribution in [3.63, 3.8) is 0 Å². The van der Waals surface area contributed by atoms with Gasteiger partial charge in [0.2, 0.25) is 11.8 Å². The van der Waals surface area contributed by atoms with Crippen LogP contribution in [0, 0.1) is 11.8 Å². The number of halogens is 1. The normalized spacial score (nSPS) is 17.2. The number of carbonyl (C=O) groups excluding carboxylic acids is 3. The maximum absolute atomic E-state index is 13.3. The van der Waals surface area contributed by atoms with E-state index in [2.05, 4.69) is 15.6 Å². The van der Waals surface area contributed by atoms with Crippen molar-refractivity contribution >= 4 is 40.2 Å². The minimum absolute atomic E-state index is 0.0756. The Morgan fingerprint density at radius 2 is 1.79 bits per heavy atom. The van der Waals surface area contributed by atoms with Gasteiger partial charge in [0, 0.05) is 29.6 Å². The minimum Gasteiger partial charge on any atom is -0.361 e. The zero-order valence-electron chi connectivity index (χ0n) is 19.8. The molecule has 0 unspecified atom stereocenters. The van der Waals surface area contributed by atoms with E-state index in [9.17, 15) is 14.4 Å². The molecular formula is C25H35ClN4O4. The molecule has 1 aliphatic carbocycles. The van der Waals surface area contributed by atoms with E-state index in [1.165, 1.54) is 11.9 Å². The molecule has 3 rings (SSSR count). The summed E-state index contributed by atoms with van der Waals surface area (Å²) in [6, 6.07) is 7.06. The van der Waals surface area contributed by atoms with Crippen LogP contribution in [0.1, 0.15) is 57.9 Å². The molecule has 0 bridgehead atoms. The van der Waals surface area contributed by atoms with Crippen molar-refractivity contribution in [2.24, 2.45) is 11.8 Å². The molecule has 1 aromatic heterocycles. The monoisotopic (exact) mass is 490 g/mol. The van der Waals surface area contributed by atoms with Crippen LogP contribution in [0.15, 0.2) is 30.5 Å². The first-order chi connectivity index (χ1) is 16.3. The second-order valence-corrected chi connectivity index (χ2v) is 10.1. The predicted octanol–water partition coefficient (Wildman–Crippen LogP) is 3.42. The van der Waals surface area contributed by atoms with Crippen LogP contribution in [0.3, 0.4) is 0 Å². The van der Waals surface area contributed by atoms with E-state index < -0.39 is 29.2 Å². The Bertz CT molecular complexity index is 986. The molecule has 0 aliphatic heterocycles. The molecule has 0 spiro atoms. The Labute approximate surface area is 205 Å². The van der Waals surface area contributed by atoms with Crippen LogP contribution in [0.4, 0.5) is 0 Å². The molecule has 3 amide bonds. The fourth-order valence-electron chi connectivity index (χ4n) is 4.67. The Kier molecular flexibility index (Phi) is 9.36. The summed E-state index contributed by atoms with van der Waals surface area (Å²) in [6.45, 7) is 3.83. The Morgan fingerprint density at radius 3 is 2.47 bits per heavy atom. The first-order valence-corrected chi connectivity index (χ1v) is 12.5. The van der Waals surface area contributed by atoms with E-state index >= 15 is 0 Å². The molecule has 186 valence electrons. The van der Waals surface area contributed by atoms with Gasteiger partial charge >= 0.3 is 0 Å². The molecule has 1 aromatic carbocycles. The van der Waals surface area contributed by atoms with E-state index in [4.69, 9.17) is 16.8 Å². The van der Waals surface area contributed by atoms with E-state index in [0.717, 1.165) is 42.1 Å². The number of alkyl halides is 1. The van der Waals surface area contributed by atoms with Gasteiger partial charge in [0.25, 0.3) is 5.91 Å². The van der Waals surface area contributed by atoms with E-state index in [1.807, 2.05) is 44.3 Å². The summed E-state index contributed by atoms with van der Waals surface area (Å²) in [7, 11) is 0. The van der Waals surface area contributed by atoms with Gasteiger partial charge in [-0.3, -0.25) is 19.6 Å². The SMILES string of the molecule is CC(C)C[C@@H](C(=O)N[C@@H](Cc1c[nH]c2ccccc12)C(=O)NC1CCCCC1)[C@@H](Cl)C(=O)NO. The summed E-state index contributed by atoms with van der Waals surface area (Å²) in [4.78, 5) is 41.8. The maximum atomic E-state index is 13.3. The number of amides is 3. The molecule has 34 heavy (non-hydrogen) atoms. The molecule has 5 N–H and O–H groups in total. The molecule has 8 nitrogen and oxygen atoms in total. The van der Waals surface area contributed by atoms with Crippen molar-refractivity contribution in [3.8, 4) is 0 Å². The second kappa shape index (κ2) is 12.2. The van der Waals surface area contributed by atoms with Gasteiger partial charge in [0.15, 0.2) is 0 Å². The van der Waals surface area contributed by atoms with Gasteiger partial charge in [-0.05, 0) is 36.8 Å². The van der Waals surface area contributed by atoms with E-state index in [-0.39, 0.29) is 17.9 Å². The van der Waals surface area contributed by atoms with Crippen molar-refractivity contribution in [1.29, 1.82) is 0 Å². The van der Waals surface area contributed by atoms with E-state index in [1.54, 1.807) is 0 Å². The highest BCUT2D eigenvalue weighted by atomic mass is 35.5. The van der Waals surface area contributed by atoms with Crippen LogP contribution >= 0.6 is 11.6 Å². The van der Waals surface area contributed by atoms with Crippen LogP contribution in [0.25, 0.3) is 10.9 Å². The average Bonchev–Trinajstić information content (AvgIpc) is 3.24. The van der Waals surface area contributed by atoms with Crippen LogP contribution in [0.5, 0.6) is 0 Å². The third-order valence-electron chi connectivity index (χ3n) is 6.46. The lowest BCUT2D eigenvalue weighted by atomic mass is 9.91. The van der Waals surface area contributed by atoms with Gasteiger partial charge in [-0.1, -0.05) is 51.3 Å². The molecule has 1 saturated carbocycles. The number of hydroxylamine groups is 1. The topological polar surface area (TPSA) is 123 Å². The number of H-pyrrole nitrogens is 1. The van der Waals surface area contributed by atoms with Crippen LogP contribution < -0.4 is 16.1 Å². The molecule has 2 aromatic rings. The second-order valence-electron chi connectivity index (χ2n) is 9.58. The van der Waals surface area contributed by atoms with Gasteiger partial charge in [-0.2, -0.15) is 0 Å². The predicted molar refractivity (Wildman–Crippen MR) is 131 cm³/mol. The summed E-state index contributed by atoms with van der Waals surface area (Å²) in [6.07, 6.45) is 7.65. The van der Waals surface area contributed by atoms with Crippen molar-refractivity contribution in [2.75, 3.05) is 0 Å². The van der Waals surface area contributed by atoms with Gasteiger partial charge in [-0.25, -0.2) is 5.48 Å². The summed E-state index contributed by atoms with van der Waals surface area (Å²) in [5, 5.41) is 14.7. The third kappa shape index (κ3) is 6.73. The smallest absolute Gasteiger partial charge is 0.262 e. The zero-order chi connectivity index (χ0) is 24.7. The summed E-state index contributed by atoms with van der Waals surface area (Å²) >= 11 is 6.24. The summed E-state index contributed by atoms with van der Waals surface area (Å²) in [5.41, 5.74) is 3.39. The number of fused-ring (bicyclic) bond motifs is 1. The maximum Gasteiger partial charge on any atom is 0.262 e. The van der Waals surface area contributed by atoms with Crippen LogP contribution in [-0.2, 0) is 20.8 Å². The third-order valence-corrected chi connectivity index (χ3v) is 6.96. The van der Waals surface area contributed by atoms with Gasteiger partial charge < -0.3 is 15.6 Å². The number of rotatable bonds is 10. The first-order valence-electron chi connectivity index (χ1n) is 12.0. The molecule has 9 heteroatoms. The lowest BCUT2D eigenvalue weighted by molar-refractivity contribution is -0.136. The minimum atomic E-state index is -1.26. The average molecular weight is 491 g/mol. The van der Waals surface area contributed by atoms with Crippen molar-refractivity contribution in [1.82, 2.24) is 21.1 Å². The summed E-state index contributed by atoms with van der Waals surface area (Å²) in [5.74, 6) is -2.40. The van der Waals surface area contributed by atoms with Crippen LogP contribution in [0.2, 0.25) is 0 Å². The Hall–Kier alpha value is -2.58. The fraction of sp³-hybridized carbons (Fsp3) is 0.560. The number of nitrogens with one attached hydrogen (secondary N) is 4. The fourth-order valence-corrected chi connectivity index (χ4v) is 4.93. The lowest BCUT2D eigenvalue weighted by Crippen LogP contribution is -2.53. The zero-order valence-corrected chi connectivity index (χ0v) is 20.5. The first kappa shape index (κ1) is 26.0. The lowest BCUT2D eigenvalue weighted by Gasteiger charge is -2.28. The highest BCUT2D eigenvalue weighted by Gasteiger charge is 2.35. The van der Waals surface area contributed by atoms with Crippen molar-refractivity contribution in [3.05, 3.63) is 36.0 Å². The van der Waals surface area contributed by atoms with Crippen molar-refractivity contribution in [2.45, 2.75) is 76.3 Å². The number of benzene rings is 1. The van der Waals surface area contributed by atoms with Gasteiger partial charge in [0.05, 0.1) is 5.92 Å². The highest BCUT2D eigenvalue weighted by Crippen LogP contribution is 2.23. The number of aromatic nitrogens is 1. The number of hydrogen-bond donors (Lipinski definition) is 5. The highest BCUT2D eigenvalue weighted by molar-refractivity contribution is 6.32. The number of aromatic amines is 1. The molecule has 1 fully saturated rings. The number of carbonyl (C=O) groups is 3. The summed E-state index contributed by atoms with van der Waals surface area (Å²) < 4.78 is 0. The van der Waals surface area contributed by atoms with E-state index in [0.29, 0.717) is 12.8 Å². The van der Waals surface area contributed by atoms with Crippen molar-refractivity contribution < 1.29 is 19.6 Å². The number of para-hydroxylation sites is 1. The van der Waals surface area contributed by atoms with Gasteiger partial charge in [-0.15, -0.1) is 11.6 Å². The number of hydrogen-bond acceptors (Lipinski definition) is 4. The Balaban J connectivity index is 1.82. The standard InChI is InChI=1S/C25H35ClN4O4/c1-15(2)12-19(22(26)25(33)30-34)23(31)29-21(24(32)28-17-8-4-3-5-9-17)13-16-14-27-20-11-7-6-10-18(16)20/h6-7,10-11,14-15,17,19,21-22,27,34H,3-5,8-9,12-13H2,1-2H3,(H,28,32)(H,29,31)(H,30,33)/t19-,21+,22-/m1/s1. The van der Waals surface area contributed by atoms with Crippen LogP contribution in [-0.4, -0.2) is 45.4 Å². The Morgan fingerprint density at radius 1 is 1.09 bits per heavy atom. The molecule has 0 saturated heterocycles. The van der Waals surface area contributed by atoms with Gasteiger partial charge in [0.1, 0.15) is 11.4 Å². The molecule has 1 aliphatic rings. The molecule has 0 radical (unpaired) electrons. The molecule has 1 heterocycles. The molecular weight excluding hydrogens is 456 g/mol. The largest absolute Gasteiger partial charge is 0.361 e. The molecule has 3 atom stereocenters.